The zero-order valence-electron chi connectivity index (χ0n) is 18.1. The lowest BCUT2D eigenvalue weighted by Gasteiger charge is -2.49. The molecule has 0 spiro atoms. The first-order valence-electron chi connectivity index (χ1n) is 10.8. The Kier molecular flexibility index (Phi) is 7.06. The molecule has 2 fully saturated rings. The van der Waals surface area contributed by atoms with Gasteiger partial charge >= 0.3 is 12.0 Å². The van der Waals surface area contributed by atoms with Gasteiger partial charge in [-0.15, -0.1) is 11.8 Å². The van der Waals surface area contributed by atoms with Crippen LogP contribution in [-0.4, -0.2) is 75.5 Å². The van der Waals surface area contributed by atoms with Crippen molar-refractivity contribution >= 4 is 42.0 Å². The molecule has 3 aliphatic heterocycles. The van der Waals surface area contributed by atoms with Crippen molar-refractivity contribution in [3.63, 3.8) is 0 Å². The van der Waals surface area contributed by atoms with E-state index in [1.807, 2.05) is 0 Å². The lowest BCUT2D eigenvalue weighted by Crippen LogP contribution is -2.71. The maximum Gasteiger partial charge on any atom is 0.354 e. The van der Waals surface area contributed by atoms with E-state index in [0.29, 0.717) is 18.7 Å². The van der Waals surface area contributed by atoms with Crippen molar-refractivity contribution in [2.75, 3.05) is 18.8 Å². The van der Waals surface area contributed by atoms with Crippen LogP contribution in [0.25, 0.3) is 0 Å². The van der Waals surface area contributed by atoms with E-state index < -0.39 is 35.3 Å². The van der Waals surface area contributed by atoms with Gasteiger partial charge in [0.15, 0.2) is 5.70 Å². The minimum absolute atomic E-state index is 0.147. The van der Waals surface area contributed by atoms with E-state index in [2.05, 4.69) is 10.6 Å². The van der Waals surface area contributed by atoms with E-state index in [1.165, 1.54) is 11.8 Å². The number of amides is 4. The van der Waals surface area contributed by atoms with Gasteiger partial charge in [-0.1, -0.05) is 30.3 Å². The van der Waals surface area contributed by atoms with Gasteiger partial charge in [-0.3, -0.25) is 19.3 Å². The van der Waals surface area contributed by atoms with Crippen LogP contribution in [0.5, 0.6) is 0 Å². The average molecular weight is 489 g/mol. The van der Waals surface area contributed by atoms with Gasteiger partial charge in [-0.2, -0.15) is 0 Å². The fourth-order valence-electron chi connectivity index (χ4n) is 4.22. The summed E-state index contributed by atoms with van der Waals surface area (Å²) >= 11 is 1.23. The van der Waals surface area contributed by atoms with E-state index in [1.54, 1.807) is 35.2 Å². The van der Waals surface area contributed by atoms with E-state index >= 15 is 0 Å². The van der Waals surface area contributed by atoms with Gasteiger partial charge in [0.05, 0.1) is 5.70 Å². The SMILES string of the molecule is O=COC(C(=O)NC1C(=O)N2C(C(=O)O)=C(NC(=O)N3CCCCC3)CS[C@H]12)c1ccccc1. The van der Waals surface area contributed by atoms with Crippen LogP contribution in [0.15, 0.2) is 41.7 Å². The molecule has 0 aliphatic carbocycles. The number of piperidine rings is 1. The van der Waals surface area contributed by atoms with Crippen LogP contribution >= 0.6 is 11.8 Å². The molecular formula is C22H24N4O7S. The topological polar surface area (TPSA) is 145 Å². The lowest BCUT2D eigenvalue weighted by atomic mass is 10.0. The summed E-state index contributed by atoms with van der Waals surface area (Å²) in [5.74, 6) is -2.51. The second-order valence-electron chi connectivity index (χ2n) is 8.03. The number of rotatable bonds is 7. The van der Waals surface area contributed by atoms with E-state index in [4.69, 9.17) is 4.74 Å². The number of carbonyl (C=O) groups is 5. The number of likely N-dealkylation sites (tertiary alicyclic amines) is 1. The Morgan fingerprint density at radius 1 is 1.15 bits per heavy atom. The van der Waals surface area contributed by atoms with Gasteiger partial charge in [0.25, 0.3) is 18.3 Å². The second kappa shape index (κ2) is 10.2. The third kappa shape index (κ3) is 4.58. The molecule has 0 aromatic heterocycles. The Labute approximate surface area is 199 Å². The number of hydrogen-bond donors (Lipinski definition) is 3. The van der Waals surface area contributed by atoms with Gasteiger partial charge in [-0.05, 0) is 19.3 Å². The normalized spacial score (nSPS) is 22.8. The Bertz CT molecular complexity index is 1030. The molecule has 3 atom stereocenters. The molecule has 0 bridgehead atoms. The van der Waals surface area contributed by atoms with Crippen molar-refractivity contribution in [3.8, 4) is 0 Å². The summed E-state index contributed by atoms with van der Waals surface area (Å²) in [5.41, 5.74) is 0.281. The number of β-lactam (4-membered cyclic amide) rings is 1. The number of hydrogen-bond acceptors (Lipinski definition) is 7. The first-order chi connectivity index (χ1) is 16.4. The van der Waals surface area contributed by atoms with Crippen molar-refractivity contribution in [3.05, 3.63) is 47.3 Å². The van der Waals surface area contributed by atoms with Gasteiger partial charge in [0, 0.05) is 24.4 Å². The van der Waals surface area contributed by atoms with E-state index in [0.717, 1.165) is 24.2 Å². The molecule has 12 heteroatoms. The third-order valence-electron chi connectivity index (χ3n) is 5.90. The molecular weight excluding hydrogens is 464 g/mol. The molecule has 34 heavy (non-hydrogen) atoms. The number of fused-ring (bicyclic) bond motifs is 1. The number of nitrogens with one attached hydrogen (secondary N) is 2. The van der Waals surface area contributed by atoms with Crippen LogP contribution in [0.2, 0.25) is 0 Å². The number of carboxylic acid groups (broad SMARTS) is 1. The van der Waals surface area contributed by atoms with Gasteiger partial charge < -0.3 is 25.4 Å². The van der Waals surface area contributed by atoms with Gasteiger partial charge in [-0.25, -0.2) is 9.59 Å². The summed E-state index contributed by atoms with van der Waals surface area (Å²) < 4.78 is 4.93. The van der Waals surface area contributed by atoms with Crippen molar-refractivity contribution < 1.29 is 33.8 Å². The van der Waals surface area contributed by atoms with Crippen LogP contribution in [0.1, 0.15) is 30.9 Å². The quantitative estimate of drug-likeness (QED) is 0.377. The summed E-state index contributed by atoms with van der Waals surface area (Å²) in [4.78, 5) is 63.9. The summed E-state index contributed by atoms with van der Waals surface area (Å²) in [6.45, 7) is 1.35. The molecule has 2 unspecified atom stereocenters. The molecule has 2 saturated heterocycles. The number of carboxylic acids is 1. The fraction of sp³-hybridized carbons (Fsp3) is 0.409. The second-order valence-corrected chi connectivity index (χ2v) is 9.13. The standard InChI is InChI=1S/C22H24N4O7S/c27-12-33-17(13-7-3-1-4-8-13)18(28)24-15-19(29)26-16(21(30)31)14(11-34-20(15)26)23-22(32)25-9-5-2-6-10-25/h1,3-4,7-8,12,15,17,20H,2,5-6,9-11H2,(H,23,32)(H,24,28)(H,30,31)/t15?,17?,20-/m1/s1. The van der Waals surface area contributed by atoms with Gasteiger partial charge in [0.1, 0.15) is 11.4 Å². The zero-order valence-corrected chi connectivity index (χ0v) is 19.0. The summed E-state index contributed by atoms with van der Waals surface area (Å²) in [6.07, 6.45) is 1.57. The van der Waals surface area contributed by atoms with Crippen molar-refractivity contribution in [1.82, 2.24) is 20.4 Å². The number of benzene rings is 1. The van der Waals surface area contributed by atoms with Crippen LogP contribution < -0.4 is 10.6 Å². The molecule has 0 radical (unpaired) electrons. The van der Waals surface area contributed by atoms with Gasteiger partial charge in [0.2, 0.25) is 6.10 Å². The highest BCUT2D eigenvalue weighted by atomic mass is 32.2. The number of urea groups is 1. The number of thioether (sulfide) groups is 1. The summed E-state index contributed by atoms with van der Waals surface area (Å²) in [7, 11) is 0. The summed E-state index contributed by atoms with van der Waals surface area (Å²) in [5, 5.41) is 14.3. The molecule has 3 N–H and O–H groups in total. The Morgan fingerprint density at radius 2 is 1.85 bits per heavy atom. The van der Waals surface area contributed by atoms with E-state index in [9.17, 15) is 29.1 Å². The molecule has 4 rings (SSSR count). The fourth-order valence-corrected chi connectivity index (χ4v) is 5.51. The average Bonchev–Trinajstić information content (AvgIpc) is 2.86. The predicted molar refractivity (Wildman–Crippen MR) is 120 cm³/mol. The molecule has 180 valence electrons. The number of aliphatic carboxylic acids is 1. The van der Waals surface area contributed by atoms with Crippen molar-refractivity contribution in [1.29, 1.82) is 0 Å². The van der Waals surface area contributed by atoms with E-state index in [-0.39, 0.29) is 29.7 Å². The monoisotopic (exact) mass is 488 g/mol. The maximum atomic E-state index is 12.9. The number of nitrogens with zero attached hydrogens (tertiary/aromatic N) is 2. The predicted octanol–water partition coefficient (Wildman–Crippen LogP) is 0.792. The highest BCUT2D eigenvalue weighted by Crippen LogP contribution is 2.40. The van der Waals surface area contributed by atoms with Crippen LogP contribution in [0.4, 0.5) is 4.79 Å². The highest BCUT2D eigenvalue weighted by molar-refractivity contribution is 8.00. The maximum absolute atomic E-state index is 12.9. The van der Waals surface area contributed by atoms with Crippen LogP contribution in [0.3, 0.4) is 0 Å². The third-order valence-corrected chi connectivity index (χ3v) is 7.18. The Balaban J connectivity index is 1.47. The Morgan fingerprint density at radius 3 is 2.50 bits per heavy atom. The minimum atomic E-state index is -1.34. The first-order valence-corrected chi connectivity index (χ1v) is 11.9. The lowest BCUT2D eigenvalue weighted by molar-refractivity contribution is -0.154. The molecule has 11 nitrogen and oxygen atoms in total. The van der Waals surface area contributed by atoms with Crippen LogP contribution in [-0.2, 0) is 23.9 Å². The smallest absolute Gasteiger partial charge is 0.354 e. The molecule has 1 aromatic rings. The van der Waals surface area contributed by atoms with Crippen molar-refractivity contribution in [2.24, 2.45) is 0 Å². The molecule has 3 heterocycles. The number of carbonyl (C=O) groups excluding carboxylic acids is 4. The molecule has 0 saturated carbocycles. The first kappa shape index (κ1) is 23.6. The Hall–Kier alpha value is -3.54. The number of ether oxygens (including phenoxy) is 1. The highest BCUT2D eigenvalue weighted by Gasteiger charge is 2.55. The van der Waals surface area contributed by atoms with Crippen LogP contribution in [0, 0.1) is 0 Å². The molecule has 3 aliphatic rings. The minimum Gasteiger partial charge on any atom is -0.477 e. The molecule has 4 amide bonds. The van der Waals surface area contributed by atoms with Crippen molar-refractivity contribution in [2.45, 2.75) is 36.8 Å². The largest absolute Gasteiger partial charge is 0.477 e. The zero-order chi connectivity index (χ0) is 24.2. The molecule has 1 aromatic carbocycles. The summed E-state index contributed by atoms with van der Waals surface area (Å²) in [6, 6.07) is 6.95.